The van der Waals surface area contributed by atoms with E-state index in [0.29, 0.717) is 6.54 Å². The molecule has 1 aromatic rings. The number of fused-ring (bicyclic) bond motifs is 1. The van der Waals surface area contributed by atoms with Crippen LogP contribution >= 0.6 is 24.8 Å². The van der Waals surface area contributed by atoms with Crippen molar-refractivity contribution in [3.63, 3.8) is 0 Å². The van der Waals surface area contributed by atoms with Crippen molar-refractivity contribution in [2.24, 2.45) is 0 Å². The van der Waals surface area contributed by atoms with Gasteiger partial charge in [-0.2, -0.15) is 0 Å². The third kappa shape index (κ3) is 2.65. The molecule has 1 aromatic carbocycles. The number of halogens is 2. The van der Waals surface area contributed by atoms with Gasteiger partial charge in [0.2, 0.25) is 0 Å². The Balaban J connectivity index is 0.000000810. The fourth-order valence-corrected chi connectivity index (χ4v) is 2.90. The molecule has 0 radical (unpaired) electrons. The van der Waals surface area contributed by atoms with E-state index in [1.807, 2.05) is 0 Å². The van der Waals surface area contributed by atoms with Crippen LogP contribution in [0.4, 0.5) is 0 Å². The van der Waals surface area contributed by atoms with Crippen molar-refractivity contribution >= 4 is 24.8 Å². The molecule has 0 bridgehead atoms. The first-order chi connectivity index (χ1) is 7.80. The molecule has 2 aliphatic heterocycles. The SMILES string of the molecule is Cl.Cl.O[C@@H]1CNCC[C@]12Cc1ccccc1CN2. The summed E-state index contributed by atoms with van der Waals surface area (Å²) in [5.41, 5.74) is 2.67. The molecule has 5 heteroatoms. The maximum absolute atomic E-state index is 10.2. The lowest BCUT2D eigenvalue weighted by molar-refractivity contribution is 0.0287. The molecule has 0 amide bonds. The van der Waals surface area contributed by atoms with Gasteiger partial charge in [-0.15, -0.1) is 24.8 Å². The van der Waals surface area contributed by atoms with Crippen molar-refractivity contribution in [1.29, 1.82) is 0 Å². The molecule has 2 heterocycles. The molecule has 18 heavy (non-hydrogen) atoms. The van der Waals surface area contributed by atoms with E-state index in [2.05, 4.69) is 34.9 Å². The van der Waals surface area contributed by atoms with Crippen LogP contribution in [0.25, 0.3) is 0 Å². The van der Waals surface area contributed by atoms with Crippen LogP contribution in [0.2, 0.25) is 0 Å². The first-order valence-corrected chi connectivity index (χ1v) is 6.01. The summed E-state index contributed by atoms with van der Waals surface area (Å²) in [6, 6.07) is 8.53. The molecule has 1 spiro atoms. The lowest BCUT2D eigenvalue weighted by Crippen LogP contribution is -2.64. The second kappa shape index (κ2) is 6.22. The van der Waals surface area contributed by atoms with Crippen LogP contribution in [-0.2, 0) is 13.0 Å². The molecule has 2 aliphatic rings. The number of nitrogens with one attached hydrogen (secondary N) is 2. The van der Waals surface area contributed by atoms with E-state index >= 15 is 0 Å². The van der Waals surface area contributed by atoms with Crippen molar-refractivity contribution in [2.75, 3.05) is 13.1 Å². The van der Waals surface area contributed by atoms with E-state index in [4.69, 9.17) is 0 Å². The third-order valence-corrected chi connectivity index (χ3v) is 3.98. The second-order valence-electron chi connectivity index (χ2n) is 4.93. The van der Waals surface area contributed by atoms with Gasteiger partial charge in [-0.3, -0.25) is 0 Å². The quantitative estimate of drug-likeness (QED) is 0.674. The molecule has 0 saturated carbocycles. The number of aliphatic hydroxyl groups is 1. The van der Waals surface area contributed by atoms with E-state index in [1.165, 1.54) is 11.1 Å². The minimum absolute atomic E-state index is 0. The number of β-amino-alcohol motifs (C(OH)–C–C–N with tert-alkyl or cyclic N) is 1. The Labute approximate surface area is 120 Å². The number of benzene rings is 1. The van der Waals surface area contributed by atoms with Gasteiger partial charge in [-0.1, -0.05) is 24.3 Å². The molecule has 0 aliphatic carbocycles. The van der Waals surface area contributed by atoms with Gasteiger partial charge in [0.15, 0.2) is 0 Å². The fourth-order valence-electron chi connectivity index (χ4n) is 2.90. The van der Waals surface area contributed by atoms with Gasteiger partial charge in [0.25, 0.3) is 0 Å². The summed E-state index contributed by atoms with van der Waals surface area (Å²) < 4.78 is 0. The lowest BCUT2D eigenvalue weighted by Gasteiger charge is -2.45. The number of hydrogen-bond acceptors (Lipinski definition) is 3. The molecular formula is C13H20Cl2N2O. The molecule has 2 atom stereocenters. The summed E-state index contributed by atoms with van der Waals surface area (Å²) in [5, 5.41) is 17.0. The molecule has 3 nitrogen and oxygen atoms in total. The van der Waals surface area contributed by atoms with Crippen LogP contribution in [0.5, 0.6) is 0 Å². The minimum atomic E-state index is -0.283. The number of rotatable bonds is 0. The summed E-state index contributed by atoms with van der Waals surface area (Å²) in [7, 11) is 0. The lowest BCUT2D eigenvalue weighted by atomic mass is 9.76. The average molecular weight is 291 g/mol. The van der Waals surface area contributed by atoms with E-state index in [-0.39, 0.29) is 36.5 Å². The molecule has 3 N–H and O–H groups in total. The predicted octanol–water partition coefficient (Wildman–Crippen LogP) is 1.27. The minimum Gasteiger partial charge on any atom is -0.390 e. The third-order valence-electron chi connectivity index (χ3n) is 3.98. The topological polar surface area (TPSA) is 44.3 Å². The summed E-state index contributed by atoms with van der Waals surface area (Å²) in [6.45, 7) is 2.58. The van der Waals surface area contributed by atoms with Gasteiger partial charge in [0.05, 0.1) is 11.6 Å². The van der Waals surface area contributed by atoms with E-state index in [0.717, 1.165) is 25.9 Å². The standard InChI is InChI=1S/C13H18N2O.2ClH/c16-12-9-14-6-5-13(12)7-10-3-1-2-4-11(10)8-15-13;;/h1-4,12,14-16H,5-9H2;2*1H/t12-,13+;;/m1../s1. The van der Waals surface area contributed by atoms with Crippen molar-refractivity contribution in [3.05, 3.63) is 35.4 Å². The Morgan fingerprint density at radius 2 is 1.89 bits per heavy atom. The molecule has 0 unspecified atom stereocenters. The normalized spacial score (nSPS) is 29.9. The molecule has 3 rings (SSSR count). The summed E-state index contributed by atoms with van der Waals surface area (Å²) in [6.07, 6.45) is 1.67. The summed E-state index contributed by atoms with van der Waals surface area (Å²) in [4.78, 5) is 0. The monoisotopic (exact) mass is 290 g/mol. The highest BCUT2D eigenvalue weighted by Gasteiger charge is 2.41. The van der Waals surface area contributed by atoms with Crippen LogP contribution in [0, 0.1) is 0 Å². The van der Waals surface area contributed by atoms with Crippen LogP contribution in [-0.4, -0.2) is 29.8 Å². The van der Waals surface area contributed by atoms with Crippen LogP contribution in [0.1, 0.15) is 17.5 Å². The number of piperidine rings is 1. The van der Waals surface area contributed by atoms with Crippen LogP contribution < -0.4 is 10.6 Å². The second-order valence-corrected chi connectivity index (χ2v) is 4.93. The zero-order valence-electron chi connectivity index (χ0n) is 10.2. The maximum atomic E-state index is 10.2. The van der Waals surface area contributed by atoms with Crippen LogP contribution in [0.3, 0.4) is 0 Å². The van der Waals surface area contributed by atoms with Crippen LogP contribution in [0.15, 0.2) is 24.3 Å². The molecule has 1 saturated heterocycles. The largest absolute Gasteiger partial charge is 0.390 e. The predicted molar refractivity (Wildman–Crippen MR) is 77.7 cm³/mol. The number of hydrogen-bond donors (Lipinski definition) is 3. The average Bonchev–Trinajstić information content (AvgIpc) is 2.33. The highest BCUT2D eigenvalue weighted by Crippen LogP contribution is 2.29. The number of aliphatic hydroxyl groups excluding tert-OH is 1. The Kier molecular flexibility index (Phi) is 5.44. The Morgan fingerprint density at radius 1 is 1.17 bits per heavy atom. The fraction of sp³-hybridized carbons (Fsp3) is 0.538. The Hall–Kier alpha value is -0.320. The molecule has 1 fully saturated rings. The van der Waals surface area contributed by atoms with E-state index < -0.39 is 0 Å². The highest BCUT2D eigenvalue weighted by molar-refractivity contribution is 5.85. The van der Waals surface area contributed by atoms with Crippen molar-refractivity contribution in [2.45, 2.75) is 31.0 Å². The molecule has 102 valence electrons. The Morgan fingerprint density at radius 3 is 2.61 bits per heavy atom. The van der Waals surface area contributed by atoms with E-state index in [1.54, 1.807) is 0 Å². The van der Waals surface area contributed by atoms with Gasteiger partial charge < -0.3 is 15.7 Å². The van der Waals surface area contributed by atoms with Gasteiger partial charge >= 0.3 is 0 Å². The van der Waals surface area contributed by atoms with Gasteiger partial charge in [-0.05, 0) is 30.5 Å². The van der Waals surface area contributed by atoms with Gasteiger partial charge in [0.1, 0.15) is 0 Å². The van der Waals surface area contributed by atoms with Crippen molar-refractivity contribution < 1.29 is 5.11 Å². The Bertz CT molecular complexity index is 402. The first kappa shape index (κ1) is 15.7. The smallest absolute Gasteiger partial charge is 0.0849 e. The van der Waals surface area contributed by atoms with E-state index in [9.17, 15) is 5.11 Å². The van der Waals surface area contributed by atoms with Crippen molar-refractivity contribution in [1.82, 2.24) is 10.6 Å². The van der Waals surface area contributed by atoms with Gasteiger partial charge in [-0.25, -0.2) is 0 Å². The maximum Gasteiger partial charge on any atom is 0.0849 e. The molecule has 0 aromatic heterocycles. The summed E-state index contributed by atoms with van der Waals surface area (Å²) in [5.74, 6) is 0. The van der Waals surface area contributed by atoms with Crippen molar-refractivity contribution in [3.8, 4) is 0 Å². The first-order valence-electron chi connectivity index (χ1n) is 6.01. The van der Waals surface area contributed by atoms with Gasteiger partial charge in [0, 0.05) is 13.1 Å². The zero-order chi connectivity index (χ0) is 11.0. The summed E-state index contributed by atoms with van der Waals surface area (Å²) >= 11 is 0. The zero-order valence-corrected chi connectivity index (χ0v) is 11.8. The highest BCUT2D eigenvalue weighted by atomic mass is 35.5. The molecular weight excluding hydrogens is 271 g/mol.